The van der Waals surface area contributed by atoms with E-state index in [1.165, 1.54) is 0 Å². The van der Waals surface area contributed by atoms with Gasteiger partial charge in [0.2, 0.25) is 5.91 Å². The number of nitrogens with zero attached hydrogens (tertiary/aromatic N) is 3. The molecule has 132 valence electrons. The molecule has 25 heavy (non-hydrogen) atoms. The van der Waals surface area contributed by atoms with Gasteiger partial charge in [0.05, 0.1) is 6.54 Å². The number of piperidine rings is 1. The number of rotatable bonds is 6. The van der Waals surface area contributed by atoms with Gasteiger partial charge in [-0.15, -0.1) is 0 Å². The van der Waals surface area contributed by atoms with E-state index in [4.69, 9.17) is 5.73 Å². The normalized spacial score (nSPS) is 15.2. The largest absolute Gasteiger partial charge is 0.358 e. The smallest absolute Gasteiger partial charge is 0.242 e. The molecule has 1 fully saturated rings. The summed E-state index contributed by atoms with van der Waals surface area (Å²) in [5.41, 5.74) is 7.90. The van der Waals surface area contributed by atoms with Gasteiger partial charge in [-0.25, -0.2) is 0 Å². The molecule has 1 saturated heterocycles. The van der Waals surface area contributed by atoms with Crippen molar-refractivity contribution in [3.05, 3.63) is 60.4 Å². The van der Waals surface area contributed by atoms with Crippen LogP contribution in [0.15, 0.2) is 54.9 Å². The third kappa shape index (κ3) is 4.79. The fraction of sp³-hybridized carbons (Fsp3) is 0.400. The van der Waals surface area contributed by atoms with E-state index in [1.54, 1.807) is 6.20 Å². The summed E-state index contributed by atoms with van der Waals surface area (Å²) in [5.74, 6) is 0.743. The molecule has 0 unspecified atom stereocenters. The monoisotopic (exact) mass is 338 g/mol. The highest BCUT2D eigenvalue weighted by Crippen LogP contribution is 2.19. The van der Waals surface area contributed by atoms with E-state index in [-0.39, 0.29) is 5.91 Å². The second-order valence-electron chi connectivity index (χ2n) is 6.61. The number of likely N-dealkylation sites (tertiary alicyclic amines) is 1. The van der Waals surface area contributed by atoms with Crippen molar-refractivity contribution in [1.29, 1.82) is 0 Å². The fourth-order valence-corrected chi connectivity index (χ4v) is 3.27. The Morgan fingerprint density at radius 3 is 2.56 bits per heavy atom. The van der Waals surface area contributed by atoms with Crippen LogP contribution in [0.4, 0.5) is 5.69 Å². The van der Waals surface area contributed by atoms with E-state index in [0.717, 1.165) is 43.7 Å². The van der Waals surface area contributed by atoms with Crippen molar-refractivity contribution in [2.45, 2.75) is 19.4 Å². The maximum absolute atomic E-state index is 12.8. The molecule has 2 aromatic rings. The zero-order chi connectivity index (χ0) is 17.5. The summed E-state index contributed by atoms with van der Waals surface area (Å²) in [6.45, 7) is 3.40. The van der Waals surface area contributed by atoms with Gasteiger partial charge in [0.1, 0.15) is 0 Å². The van der Waals surface area contributed by atoms with Gasteiger partial charge in [-0.2, -0.15) is 0 Å². The number of aromatic nitrogens is 1. The number of hydrogen-bond acceptors (Lipinski definition) is 4. The maximum atomic E-state index is 12.8. The highest BCUT2D eigenvalue weighted by atomic mass is 16.2. The predicted molar refractivity (Wildman–Crippen MR) is 100 cm³/mol. The van der Waals surface area contributed by atoms with Crippen LogP contribution in [0.1, 0.15) is 18.4 Å². The first-order chi connectivity index (χ1) is 12.3. The Hall–Kier alpha value is -2.40. The first-order valence-corrected chi connectivity index (χ1v) is 8.93. The Labute approximate surface area is 149 Å². The SMILES string of the molecule is NCC1CCN(C(=O)CN(Cc2cccnc2)c2ccccc2)CC1. The Morgan fingerprint density at radius 1 is 1.16 bits per heavy atom. The van der Waals surface area contributed by atoms with E-state index < -0.39 is 0 Å². The van der Waals surface area contributed by atoms with E-state index in [2.05, 4.69) is 9.88 Å². The summed E-state index contributed by atoms with van der Waals surface area (Å²) in [4.78, 5) is 21.1. The Morgan fingerprint density at radius 2 is 1.92 bits per heavy atom. The number of nitrogens with two attached hydrogens (primary N) is 1. The predicted octanol–water partition coefficient (Wildman–Crippen LogP) is 2.29. The van der Waals surface area contributed by atoms with Crippen LogP contribution in [0.25, 0.3) is 0 Å². The van der Waals surface area contributed by atoms with E-state index in [0.29, 0.717) is 19.0 Å². The molecule has 0 spiro atoms. The van der Waals surface area contributed by atoms with Crippen molar-refractivity contribution >= 4 is 11.6 Å². The highest BCUT2D eigenvalue weighted by Gasteiger charge is 2.23. The van der Waals surface area contributed by atoms with Crippen LogP contribution < -0.4 is 10.6 Å². The van der Waals surface area contributed by atoms with Crippen LogP contribution >= 0.6 is 0 Å². The third-order valence-electron chi connectivity index (χ3n) is 4.84. The molecule has 0 aliphatic carbocycles. The molecule has 1 aliphatic rings. The summed E-state index contributed by atoms with van der Waals surface area (Å²) in [6.07, 6.45) is 5.64. The van der Waals surface area contributed by atoms with E-state index in [1.807, 2.05) is 53.6 Å². The molecule has 0 radical (unpaired) electrons. The van der Waals surface area contributed by atoms with E-state index >= 15 is 0 Å². The number of pyridine rings is 1. The van der Waals surface area contributed by atoms with Crippen molar-refractivity contribution < 1.29 is 4.79 Å². The highest BCUT2D eigenvalue weighted by molar-refractivity contribution is 5.81. The Balaban J connectivity index is 1.68. The second-order valence-corrected chi connectivity index (χ2v) is 6.61. The van der Waals surface area contributed by atoms with Crippen molar-refractivity contribution in [2.75, 3.05) is 31.1 Å². The lowest BCUT2D eigenvalue weighted by molar-refractivity contribution is -0.131. The van der Waals surface area contributed by atoms with Gasteiger partial charge < -0.3 is 15.5 Å². The molecule has 1 amide bonds. The maximum Gasteiger partial charge on any atom is 0.242 e. The van der Waals surface area contributed by atoms with Gasteiger partial charge in [0.25, 0.3) is 0 Å². The third-order valence-corrected chi connectivity index (χ3v) is 4.84. The topological polar surface area (TPSA) is 62.5 Å². The number of carbonyl (C=O) groups excluding carboxylic acids is 1. The summed E-state index contributed by atoms with van der Waals surface area (Å²) in [5, 5.41) is 0. The van der Waals surface area contributed by atoms with Gasteiger partial charge in [-0.1, -0.05) is 24.3 Å². The molecule has 0 atom stereocenters. The van der Waals surface area contributed by atoms with Crippen LogP contribution in [-0.2, 0) is 11.3 Å². The molecule has 0 bridgehead atoms. The fourth-order valence-electron chi connectivity index (χ4n) is 3.27. The standard InChI is InChI=1S/C20H26N4O/c21-13-17-8-11-23(12-9-17)20(25)16-24(19-6-2-1-3-7-19)15-18-5-4-10-22-14-18/h1-7,10,14,17H,8-9,11-13,15-16,21H2. The minimum Gasteiger partial charge on any atom is -0.358 e. The summed E-state index contributed by atoms with van der Waals surface area (Å²) < 4.78 is 0. The summed E-state index contributed by atoms with van der Waals surface area (Å²) >= 11 is 0. The van der Waals surface area contributed by atoms with Crippen LogP contribution in [0.3, 0.4) is 0 Å². The van der Waals surface area contributed by atoms with Crippen LogP contribution in [0.5, 0.6) is 0 Å². The number of anilines is 1. The lowest BCUT2D eigenvalue weighted by Gasteiger charge is -2.33. The Kier molecular flexibility index (Phi) is 6.01. The van der Waals surface area contributed by atoms with Crippen molar-refractivity contribution in [2.24, 2.45) is 11.7 Å². The minimum absolute atomic E-state index is 0.184. The Bertz CT molecular complexity index is 654. The zero-order valence-corrected chi connectivity index (χ0v) is 14.6. The molecule has 2 heterocycles. The summed E-state index contributed by atoms with van der Waals surface area (Å²) in [7, 11) is 0. The molecule has 5 nitrogen and oxygen atoms in total. The van der Waals surface area contributed by atoms with Crippen molar-refractivity contribution in [1.82, 2.24) is 9.88 Å². The average molecular weight is 338 g/mol. The molecule has 3 rings (SSSR count). The van der Waals surface area contributed by atoms with Crippen LogP contribution in [0, 0.1) is 5.92 Å². The van der Waals surface area contributed by atoms with Gasteiger partial charge in [0, 0.05) is 37.7 Å². The van der Waals surface area contributed by atoms with Crippen molar-refractivity contribution in [3.63, 3.8) is 0 Å². The first kappa shape index (κ1) is 17.4. The molecule has 5 heteroatoms. The van der Waals surface area contributed by atoms with Gasteiger partial charge >= 0.3 is 0 Å². The quantitative estimate of drug-likeness (QED) is 0.878. The van der Waals surface area contributed by atoms with Crippen LogP contribution in [-0.4, -0.2) is 42.0 Å². The molecule has 2 N–H and O–H groups in total. The minimum atomic E-state index is 0.184. The number of carbonyl (C=O) groups is 1. The molecule has 1 aromatic carbocycles. The second kappa shape index (κ2) is 8.62. The molecule has 1 aliphatic heterocycles. The summed E-state index contributed by atoms with van der Waals surface area (Å²) in [6, 6.07) is 14.1. The zero-order valence-electron chi connectivity index (χ0n) is 14.6. The lowest BCUT2D eigenvalue weighted by atomic mass is 9.97. The molecule has 0 saturated carbocycles. The van der Waals surface area contributed by atoms with Gasteiger partial charge in [-0.3, -0.25) is 9.78 Å². The molecular weight excluding hydrogens is 312 g/mol. The van der Waals surface area contributed by atoms with Crippen molar-refractivity contribution in [3.8, 4) is 0 Å². The van der Waals surface area contributed by atoms with Crippen LogP contribution in [0.2, 0.25) is 0 Å². The van der Waals surface area contributed by atoms with Gasteiger partial charge in [-0.05, 0) is 49.1 Å². The number of benzene rings is 1. The number of para-hydroxylation sites is 1. The molecular formula is C20H26N4O. The lowest BCUT2D eigenvalue weighted by Crippen LogP contribution is -2.45. The number of amides is 1. The van der Waals surface area contributed by atoms with E-state index in [9.17, 15) is 4.79 Å². The first-order valence-electron chi connectivity index (χ1n) is 8.93. The number of hydrogen-bond donors (Lipinski definition) is 1. The average Bonchev–Trinajstić information content (AvgIpc) is 2.69. The molecule has 1 aromatic heterocycles. The van der Waals surface area contributed by atoms with Gasteiger partial charge in [0.15, 0.2) is 0 Å².